The van der Waals surface area contributed by atoms with Crippen LogP contribution in [0.2, 0.25) is 0 Å². The van der Waals surface area contributed by atoms with E-state index in [4.69, 9.17) is 52.7 Å². The first-order valence-corrected chi connectivity index (χ1v) is 33.4. The number of halogens is 3. The van der Waals surface area contributed by atoms with E-state index in [-0.39, 0.29) is 34.5 Å². The summed E-state index contributed by atoms with van der Waals surface area (Å²) in [7, 11) is 0. The summed E-state index contributed by atoms with van der Waals surface area (Å²) < 4.78 is 61.1. The number of nitrogens with two attached hydrogens (primary N) is 5. The van der Waals surface area contributed by atoms with Crippen LogP contribution in [0.4, 0.5) is 18.0 Å². The molecule has 6 aromatic carbocycles. The van der Waals surface area contributed by atoms with E-state index in [0.717, 1.165) is 48.8 Å². The summed E-state index contributed by atoms with van der Waals surface area (Å²) in [5.41, 5.74) is 30.5. The van der Waals surface area contributed by atoms with Gasteiger partial charge in [0.25, 0.3) is 11.8 Å². The lowest BCUT2D eigenvalue weighted by atomic mass is 10.1. The maximum atomic E-state index is 13.1. The molecule has 3 aromatic heterocycles. The predicted octanol–water partition coefficient (Wildman–Crippen LogP) is 13.1. The highest BCUT2D eigenvalue weighted by Crippen LogP contribution is 2.29. The molecule has 0 saturated carbocycles. The molecule has 546 valence electrons. The maximum absolute atomic E-state index is 13.1. The van der Waals surface area contributed by atoms with Gasteiger partial charge in [-0.3, -0.25) is 24.0 Å². The van der Waals surface area contributed by atoms with Crippen LogP contribution in [0.1, 0.15) is 123 Å². The standard InChI is InChI=1S/C29H33FN4O5.C24H25FN4O3.C18H12FNO3.C7H16N2O/c1-29(2,3)39-28(37)32-18-5-4-7-24(26(31)35)34-27(36)25-9-6-8-23(33-25)19-10-14-21(15-11-19)38-22-16-12-20(30)13-17-22;25-17-9-13-19(14-10-17)32-18-11-7-16(8-12-18)20-5-3-6-22(28-20)24(31)29-21(23(27)30)4-1-2-15-26;19-13-6-10-15(11-7-13)23-14-8-4-12(5-9-14)16-2-1-3-17(20-16)18(21)22;1-2-3-4-5-6(8)7(9)10/h6,8-17,24H,4-5,7,18H2,1-3H3,(H2,31,35)(H,32,37)(H,34,36);3,5-14,21H,1-2,4,15,26H2,(H2,27,30)(H,29,31);1-11H,(H,21,22);6H,2-5,8H2,1H3,(H2,9,10)/t24-;21-;;6-/m00.0/s1. The topological polar surface area (TPSA) is 382 Å². The predicted molar refractivity (Wildman–Crippen MR) is 389 cm³/mol. The number of primary amides is 3. The molecule has 0 aliphatic rings. The molecule has 26 heteroatoms. The highest BCUT2D eigenvalue weighted by molar-refractivity contribution is 5.97. The Balaban J connectivity index is 0.000000235. The number of carboxylic acid groups (broad SMARTS) is 1. The maximum Gasteiger partial charge on any atom is 0.407 e. The Morgan fingerprint density at radius 1 is 0.442 bits per heavy atom. The van der Waals surface area contributed by atoms with Crippen LogP contribution in [-0.4, -0.2) is 98.5 Å². The molecule has 9 aromatic rings. The van der Waals surface area contributed by atoms with Gasteiger partial charge in [0.2, 0.25) is 17.7 Å². The van der Waals surface area contributed by atoms with Gasteiger partial charge in [-0.25, -0.2) is 37.7 Å². The van der Waals surface area contributed by atoms with Crippen molar-refractivity contribution in [2.24, 2.45) is 28.7 Å². The second-order valence-electron chi connectivity index (χ2n) is 24.3. The smallest absolute Gasteiger partial charge is 0.407 e. The summed E-state index contributed by atoms with van der Waals surface area (Å²) >= 11 is 0. The first kappa shape index (κ1) is 80.9. The minimum Gasteiger partial charge on any atom is -0.477 e. The fourth-order valence-corrected chi connectivity index (χ4v) is 9.42. The number of benzene rings is 6. The number of pyridine rings is 3. The van der Waals surface area contributed by atoms with E-state index in [0.29, 0.717) is 96.8 Å². The minimum absolute atomic E-state index is 0.00543. The fraction of sp³-hybridized carbons (Fsp3) is 0.256. The molecule has 3 heterocycles. The SMILES string of the molecule is CC(C)(C)OC(=O)NCCCC[C@H](NC(=O)c1cccc(-c2ccc(Oc3ccc(F)cc3)cc2)n1)C(N)=O.CCCCC[C@H](N)C(N)=O.NCCCC[C@H](NC(=O)c1cccc(-c2ccc(Oc3ccc(F)cc3)cc2)n1)C(N)=O.O=C(O)c1cccc(-c2ccc(Oc3ccc(F)cc3)cc2)n1. The molecule has 0 fully saturated rings. The molecule has 0 unspecified atom stereocenters. The first-order chi connectivity index (χ1) is 49.7. The Hall–Kier alpha value is -12.0. The number of hydrogen-bond acceptors (Lipinski definition) is 16. The molecular weight excluding hydrogens is 1340 g/mol. The van der Waals surface area contributed by atoms with Crippen LogP contribution in [-0.2, 0) is 19.1 Å². The van der Waals surface area contributed by atoms with Crippen molar-refractivity contribution in [1.29, 1.82) is 0 Å². The van der Waals surface area contributed by atoms with E-state index in [1.165, 1.54) is 54.6 Å². The lowest BCUT2D eigenvalue weighted by Crippen LogP contribution is -2.44. The van der Waals surface area contributed by atoms with E-state index in [2.05, 4.69) is 37.8 Å². The number of aromatic nitrogens is 3. The highest BCUT2D eigenvalue weighted by Gasteiger charge is 2.23. The van der Waals surface area contributed by atoms with Crippen LogP contribution < -0.4 is 58.8 Å². The summed E-state index contributed by atoms with van der Waals surface area (Å²) in [6.07, 6.45) is 6.77. The Bertz CT molecular complexity index is 4230. The van der Waals surface area contributed by atoms with Gasteiger partial charge in [-0.15, -0.1) is 0 Å². The van der Waals surface area contributed by atoms with Gasteiger partial charge >= 0.3 is 12.1 Å². The summed E-state index contributed by atoms with van der Waals surface area (Å²) in [5.74, 6) is -1.42. The molecule has 0 spiro atoms. The quantitative estimate of drug-likeness (QED) is 0.0189. The van der Waals surface area contributed by atoms with Gasteiger partial charge < -0.3 is 68.7 Å². The van der Waals surface area contributed by atoms with Gasteiger partial charge in [0.15, 0.2) is 0 Å². The zero-order valence-corrected chi connectivity index (χ0v) is 58.1. The number of alkyl carbamates (subject to hydrolysis) is 1. The van der Waals surface area contributed by atoms with Crippen molar-refractivity contribution in [3.05, 3.63) is 235 Å². The van der Waals surface area contributed by atoms with Gasteiger partial charge in [-0.2, -0.15) is 0 Å². The van der Waals surface area contributed by atoms with Crippen molar-refractivity contribution < 1.29 is 70.8 Å². The second kappa shape index (κ2) is 41.6. The van der Waals surface area contributed by atoms with E-state index in [1.54, 1.807) is 154 Å². The summed E-state index contributed by atoms with van der Waals surface area (Å²) in [4.78, 5) is 95.0. The molecule has 9 rings (SSSR count). The number of carboxylic acids is 1. The Morgan fingerprint density at radius 2 is 0.769 bits per heavy atom. The monoisotopic (exact) mass is 1430 g/mol. The number of nitrogens with zero attached hydrogens (tertiary/aromatic N) is 3. The number of carbonyl (C=O) groups is 7. The number of rotatable bonds is 30. The average molecular weight is 1430 g/mol. The molecule has 104 heavy (non-hydrogen) atoms. The van der Waals surface area contributed by atoms with Crippen LogP contribution in [0.5, 0.6) is 34.5 Å². The Morgan fingerprint density at radius 3 is 1.09 bits per heavy atom. The molecule has 0 bridgehead atoms. The van der Waals surface area contributed by atoms with Gasteiger partial charge in [0.1, 0.15) is 86.7 Å². The van der Waals surface area contributed by atoms with E-state index in [1.807, 2.05) is 12.1 Å². The summed E-state index contributed by atoms with van der Waals surface area (Å²) in [6.45, 7) is 8.32. The zero-order valence-electron chi connectivity index (χ0n) is 58.1. The number of aromatic carboxylic acids is 1. The second-order valence-corrected chi connectivity index (χ2v) is 24.3. The van der Waals surface area contributed by atoms with Crippen molar-refractivity contribution >= 4 is 41.6 Å². The summed E-state index contributed by atoms with van der Waals surface area (Å²) in [6, 6.07) is 51.2. The molecule has 0 aliphatic carbocycles. The number of carbonyl (C=O) groups excluding carboxylic acids is 6. The number of nitrogens with one attached hydrogen (secondary N) is 3. The molecule has 0 aliphatic heterocycles. The van der Waals surface area contributed by atoms with Crippen LogP contribution in [0.25, 0.3) is 33.8 Å². The van der Waals surface area contributed by atoms with Gasteiger partial charge in [-0.1, -0.05) is 44.4 Å². The van der Waals surface area contributed by atoms with Gasteiger partial charge in [0.05, 0.1) is 23.1 Å². The molecule has 0 saturated heterocycles. The van der Waals surface area contributed by atoms with Crippen molar-refractivity contribution in [1.82, 2.24) is 30.9 Å². The molecule has 23 nitrogen and oxygen atoms in total. The number of unbranched alkanes of at least 4 members (excludes halogenated alkanes) is 4. The normalized spacial score (nSPS) is 11.5. The third-order valence-electron chi connectivity index (χ3n) is 14.8. The van der Waals surface area contributed by atoms with Crippen LogP contribution in [0.15, 0.2) is 200 Å². The summed E-state index contributed by atoms with van der Waals surface area (Å²) in [5, 5.41) is 16.9. The number of hydrogen-bond donors (Lipinski definition) is 9. The lowest BCUT2D eigenvalue weighted by molar-refractivity contribution is -0.120. The third kappa shape index (κ3) is 28.9. The lowest BCUT2D eigenvalue weighted by Gasteiger charge is -2.19. The molecule has 0 radical (unpaired) electrons. The molecule has 3 atom stereocenters. The van der Waals surface area contributed by atoms with E-state index < -0.39 is 65.3 Å². The Labute approximate surface area is 601 Å². The molecule has 6 amide bonds. The van der Waals surface area contributed by atoms with E-state index in [9.17, 15) is 46.7 Å². The number of ether oxygens (including phenoxy) is 4. The largest absolute Gasteiger partial charge is 0.477 e. The number of amides is 6. The Kier molecular flexibility index (Phi) is 32.4. The van der Waals surface area contributed by atoms with Crippen LogP contribution in [0.3, 0.4) is 0 Å². The fourth-order valence-electron chi connectivity index (χ4n) is 9.42. The molecular formula is C78H86F3N11O12. The zero-order chi connectivity index (χ0) is 75.6. The highest BCUT2D eigenvalue weighted by atomic mass is 19.1. The minimum atomic E-state index is -1.07. The van der Waals surface area contributed by atoms with Gasteiger partial charge in [-0.05, 0) is 254 Å². The van der Waals surface area contributed by atoms with Crippen molar-refractivity contribution in [3.8, 4) is 68.3 Å². The third-order valence-corrected chi connectivity index (χ3v) is 14.8. The average Bonchev–Trinajstić information content (AvgIpc) is 0.847. The van der Waals surface area contributed by atoms with Crippen molar-refractivity contribution in [3.63, 3.8) is 0 Å². The van der Waals surface area contributed by atoms with Crippen molar-refractivity contribution in [2.45, 2.75) is 116 Å². The molecule has 14 N–H and O–H groups in total. The van der Waals surface area contributed by atoms with Crippen LogP contribution in [0, 0.1) is 17.5 Å². The first-order valence-electron chi connectivity index (χ1n) is 33.4. The van der Waals surface area contributed by atoms with Crippen LogP contribution >= 0.6 is 0 Å². The van der Waals surface area contributed by atoms with E-state index >= 15 is 0 Å². The van der Waals surface area contributed by atoms with Crippen molar-refractivity contribution in [2.75, 3.05) is 13.1 Å². The van der Waals surface area contributed by atoms with Gasteiger partial charge in [0, 0.05) is 23.2 Å².